The van der Waals surface area contributed by atoms with Gasteiger partial charge in [0.05, 0.1) is 26.2 Å². The molecular weight excluding hydrogens is 312 g/mol. The summed E-state index contributed by atoms with van der Waals surface area (Å²) in [6.45, 7) is 1.92. The van der Waals surface area contributed by atoms with Crippen LogP contribution in [0.3, 0.4) is 0 Å². The van der Waals surface area contributed by atoms with Gasteiger partial charge in [0, 0.05) is 0 Å². The summed E-state index contributed by atoms with van der Waals surface area (Å²) in [4.78, 5) is 23.6. The van der Waals surface area contributed by atoms with E-state index in [1.165, 1.54) is 25.1 Å². The fourth-order valence-electron chi connectivity index (χ4n) is 2.06. The van der Waals surface area contributed by atoms with Crippen LogP contribution in [0.2, 0.25) is 0 Å². The van der Waals surface area contributed by atoms with Crippen LogP contribution in [-0.4, -0.2) is 31.9 Å². The quantitative estimate of drug-likeness (QED) is 0.481. The summed E-state index contributed by atoms with van der Waals surface area (Å²) in [5.41, 5.74) is 0.239. The van der Waals surface area contributed by atoms with Gasteiger partial charge >= 0.3 is 5.97 Å². The lowest BCUT2D eigenvalue weighted by Gasteiger charge is -2.09. The molecule has 2 rings (SSSR count). The van der Waals surface area contributed by atoms with Gasteiger partial charge in [-0.05, 0) is 19.1 Å². The van der Waals surface area contributed by atoms with E-state index < -0.39 is 5.97 Å². The average Bonchev–Trinajstić information content (AvgIpc) is 2.46. The number of aromatic amines is 1. The van der Waals surface area contributed by atoms with E-state index in [1.807, 2.05) is 0 Å². The summed E-state index contributed by atoms with van der Waals surface area (Å²) in [5.74, 6) is 0.471. The second kappa shape index (κ2) is 7.65. The zero-order chi connectivity index (χ0) is 15.4. The van der Waals surface area contributed by atoms with Crippen molar-refractivity contribution in [3.63, 3.8) is 0 Å². The number of nitrogens with zero attached hydrogens (tertiary/aromatic N) is 1. The first-order valence-corrected chi connectivity index (χ1v) is 6.43. The van der Waals surface area contributed by atoms with Crippen LogP contribution in [-0.2, 0) is 16.1 Å². The van der Waals surface area contributed by atoms with Crippen LogP contribution in [0.4, 0.5) is 0 Å². The number of benzene rings is 1. The van der Waals surface area contributed by atoms with Gasteiger partial charge in [0.1, 0.15) is 0 Å². The summed E-state index contributed by atoms with van der Waals surface area (Å²) < 4.78 is 16.7. The zero-order valence-electron chi connectivity index (χ0n) is 12.5. The monoisotopic (exact) mass is 328 g/mol. The molecule has 0 spiro atoms. The third kappa shape index (κ3) is 3.48. The molecule has 7 nitrogen and oxygen atoms in total. The van der Waals surface area contributed by atoms with Crippen molar-refractivity contribution in [2.75, 3.05) is 20.8 Å². The number of esters is 1. The molecule has 1 heterocycles. The smallest absolute Gasteiger partial charge is 0.375 e. The van der Waals surface area contributed by atoms with E-state index in [1.54, 1.807) is 19.1 Å². The number of hydrogen-bond donors (Lipinski definition) is 1. The maximum Gasteiger partial charge on any atom is 0.375 e. The third-order valence-electron chi connectivity index (χ3n) is 2.94. The minimum atomic E-state index is -0.431. The topological polar surface area (TPSA) is 81.5 Å². The molecule has 0 amide bonds. The largest absolute Gasteiger partial charge is 1.00 e. The summed E-state index contributed by atoms with van der Waals surface area (Å²) in [7, 11) is 3.00. The zero-order valence-corrected chi connectivity index (χ0v) is 13.3. The van der Waals surface area contributed by atoms with Crippen molar-refractivity contribution in [3.8, 4) is 11.5 Å². The average molecular weight is 329 g/mol. The first-order valence-electron chi connectivity index (χ1n) is 6.43. The Morgan fingerprint density at radius 3 is 2.59 bits per heavy atom. The number of H-pyrrole nitrogens is 1. The molecule has 0 saturated carbocycles. The summed E-state index contributed by atoms with van der Waals surface area (Å²) in [5, 5.41) is 3.41. The van der Waals surface area contributed by atoms with Gasteiger partial charge in [0.25, 0.3) is 12.0 Å². The lowest BCUT2D eigenvalue weighted by molar-refractivity contribution is -0.741. The summed E-state index contributed by atoms with van der Waals surface area (Å²) >= 11 is 0. The van der Waals surface area contributed by atoms with E-state index in [0.717, 1.165) is 0 Å². The number of rotatable bonds is 5. The van der Waals surface area contributed by atoms with Crippen molar-refractivity contribution in [1.82, 2.24) is 5.10 Å². The minimum absolute atomic E-state index is 0. The van der Waals surface area contributed by atoms with Gasteiger partial charge < -0.3 is 26.6 Å². The Morgan fingerprint density at radius 2 is 2.00 bits per heavy atom. The molecule has 0 atom stereocenters. The lowest BCUT2D eigenvalue weighted by Crippen LogP contribution is -3.00. The normalized spacial score (nSPS) is 9.95. The Bertz CT molecular complexity index is 729. The third-order valence-corrected chi connectivity index (χ3v) is 2.94. The van der Waals surface area contributed by atoms with Gasteiger partial charge in [0.15, 0.2) is 17.0 Å². The van der Waals surface area contributed by atoms with Gasteiger partial charge in [0.2, 0.25) is 6.20 Å². The van der Waals surface area contributed by atoms with E-state index in [9.17, 15) is 9.59 Å². The van der Waals surface area contributed by atoms with Crippen molar-refractivity contribution >= 4 is 16.9 Å². The SMILES string of the molecule is CCOC(=O)C[n+]1cc(=O)c2ccc(OC)c(OC)c2[nH]1.[Cl-]. The van der Waals surface area contributed by atoms with Gasteiger partial charge in [-0.2, -0.15) is 5.10 Å². The molecule has 0 saturated heterocycles. The number of fused-ring (bicyclic) bond motifs is 1. The molecule has 0 aliphatic rings. The van der Waals surface area contributed by atoms with E-state index >= 15 is 0 Å². The van der Waals surface area contributed by atoms with E-state index in [0.29, 0.717) is 22.4 Å². The number of methoxy groups -OCH3 is 2. The van der Waals surface area contributed by atoms with Crippen LogP contribution in [0.25, 0.3) is 10.9 Å². The van der Waals surface area contributed by atoms with Crippen LogP contribution in [0.1, 0.15) is 6.92 Å². The molecule has 1 N–H and O–H groups in total. The predicted octanol–water partition coefficient (Wildman–Crippen LogP) is -2.60. The number of carbonyl (C=O) groups excluding carboxylic acids is 1. The fraction of sp³-hybridized carbons (Fsp3) is 0.357. The summed E-state index contributed by atoms with van der Waals surface area (Å²) in [6, 6.07) is 3.30. The van der Waals surface area contributed by atoms with E-state index in [2.05, 4.69) is 5.10 Å². The first-order chi connectivity index (χ1) is 10.1. The molecule has 0 aliphatic carbocycles. The van der Waals surface area contributed by atoms with E-state index in [-0.39, 0.29) is 31.0 Å². The molecular formula is C14H17ClN2O5. The number of carbonyl (C=O) groups is 1. The Morgan fingerprint density at radius 1 is 1.27 bits per heavy atom. The molecule has 0 radical (unpaired) electrons. The van der Waals surface area contributed by atoms with Crippen molar-refractivity contribution < 1.29 is 36.1 Å². The number of nitrogens with one attached hydrogen (secondary N) is 1. The molecule has 1 aromatic carbocycles. The molecule has 0 aliphatic heterocycles. The van der Waals surface area contributed by atoms with Crippen LogP contribution in [0.15, 0.2) is 23.1 Å². The second-order valence-corrected chi connectivity index (χ2v) is 4.26. The standard InChI is InChI=1S/C14H16N2O5.ClH/c1-4-21-12(18)8-16-7-10(17)9-5-6-11(19-2)14(20-3)13(9)15-16;/h5-7H,4,8H2,1-3H3;1H. The molecule has 0 fully saturated rings. The first kappa shape index (κ1) is 17.8. The second-order valence-electron chi connectivity index (χ2n) is 4.26. The molecule has 2 aromatic rings. The van der Waals surface area contributed by atoms with Crippen LogP contribution in [0, 0.1) is 0 Å². The highest BCUT2D eigenvalue weighted by molar-refractivity contribution is 5.86. The molecule has 0 bridgehead atoms. The predicted molar refractivity (Wildman–Crippen MR) is 74.5 cm³/mol. The Balaban J connectivity index is 0.00000242. The maximum absolute atomic E-state index is 12.1. The molecule has 8 heteroatoms. The Labute approximate surface area is 133 Å². The van der Waals surface area contributed by atoms with E-state index in [4.69, 9.17) is 14.2 Å². The fourth-order valence-corrected chi connectivity index (χ4v) is 2.06. The number of ether oxygens (including phenoxy) is 3. The van der Waals surface area contributed by atoms with Crippen LogP contribution < -0.4 is 32.0 Å². The van der Waals surface area contributed by atoms with Crippen molar-refractivity contribution in [1.29, 1.82) is 0 Å². The van der Waals surface area contributed by atoms with Crippen LogP contribution in [0.5, 0.6) is 11.5 Å². The van der Waals surface area contributed by atoms with Crippen molar-refractivity contribution in [3.05, 3.63) is 28.6 Å². The highest BCUT2D eigenvalue weighted by atomic mass is 35.5. The molecule has 22 heavy (non-hydrogen) atoms. The van der Waals surface area contributed by atoms with Crippen LogP contribution >= 0.6 is 0 Å². The lowest BCUT2D eigenvalue weighted by atomic mass is 10.2. The van der Waals surface area contributed by atoms with Gasteiger partial charge in [-0.25, -0.2) is 4.79 Å². The molecule has 1 aromatic heterocycles. The Kier molecular flexibility index (Phi) is 6.18. The van der Waals surface area contributed by atoms with Crippen molar-refractivity contribution in [2.45, 2.75) is 13.5 Å². The van der Waals surface area contributed by atoms with Gasteiger partial charge in [-0.15, -0.1) is 4.68 Å². The summed E-state index contributed by atoms with van der Waals surface area (Å²) in [6.07, 6.45) is 1.31. The van der Waals surface area contributed by atoms with Crippen molar-refractivity contribution in [2.24, 2.45) is 0 Å². The van der Waals surface area contributed by atoms with Gasteiger partial charge in [-0.1, -0.05) is 0 Å². The maximum atomic E-state index is 12.1. The highest BCUT2D eigenvalue weighted by Crippen LogP contribution is 2.31. The number of halogens is 1. The van der Waals surface area contributed by atoms with Gasteiger partial charge in [-0.3, -0.25) is 4.79 Å². The Hall–Kier alpha value is -2.28. The molecule has 120 valence electrons. The number of aromatic nitrogens is 2. The number of hydrogen-bond acceptors (Lipinski definition) is 5. The molecule has 0 unspecified atom stereocenters. The highest BCUT2D eigenvalue weighted by Gasteiger charge is 2.18. The minimum Gasteiger partial charge on any atom is -1.00 e.